The average Bonchev–Trinajstić information content (AvgIpc) is 2.39. The molecule has 0 aromatic heterocycles. The summed E-state index contributed by atoms with van der Waals surface area (Å²) in [5.74, 6) is -4.10. The number of rotatable bonds is 4. The molecular weight excluding hydrogens is 272 g/mol. The van der Waals surface area contributed by atoms with Crippen LogP contribution >= 0.6 is 0 Å². The number of carbonyl (C=O) groups is 2. The van der Waals surface area contributed by atoms with E-state index in [0.717, 1.165) is 4.90 Å². The van der Waals surface area contributed by atoms with Gasteiger partial charge in [0.1, 0.15) is 0 Å². The molecule has 20 heavy (non-hydrogen) atoms. The summed E-state index contributed by atoms with van der Waals surface area (Å²) in [7, 11) is 1.38. The molecule has 2 N–H and O–H groups in total. The van der Waals surface area contributed by atoms with Crippen molar-refractivity contribution in [1.29, 1.82) is 5.26 Å². The van der Waals surface area contributed by atoms with E-state index in [1.807, 2.05) is 6.07 Å². The van der Waals surface area contributed by atoms with Crippen molar-refractivity contribution < 1.29 is 23.5 Å². The highest BCUT2D eigenvalue weighted by molar-refractivity contribution is 6.00. The van der Waals surface area contributed by atoms with E-state index in [4.69, 9.17) is 10.4 Å². The van der Waals surface area contributed by atoms with Crippen molar-refractivity contribution in [3.8, 4) is 6.07 Å². The van der Waals surface area contributed by atoms with Crippen LogP contribution in [-0.4, -0.2) is 35.6 Å². The minimum absolute atomic E-state index is 0.0908. The van der Waals surface area contributed by atoms with Gasteiger partial charge in [-0.15, -0.1) is 0 Å². The molecule has 1 aromatic carbocycles. The van der Waals surface area contributed by atoms with Crippen molar-refractivity contribution in [2.24, 2.45) is 0 Å². The molecule has 0 radical (unpaired) electrons. The number of benzene rings is 1. The van der Waals surface area contributed by atoms with Gasteiger partial charge in [-0.2, -0.15) is 5.26 Å². The summed E-state index contributed by atoms with van der Waals surface area (Å²) < 4.78 is 26.1. The van der Waals surface area contributed by atoms with E-state index < -0.39 is 29.2 Å². The van der Waals surface area contributed by atoms with E-state index in [1.54, 1.807) is 0 Å². The van der Waals surface area contributed by atoms with Crippen LogP contribution in [0.4, 0.5) is 19.3 Å². The van der Waals surface area contributed by atoms with Crippen LogP contribution in [0.3, 0.4) is 0 Å². The Morgan fingerprint density at radius 3 is 2.55 bits per heavy atom. The number of carboxylic acid groups (broad SMARTS) is 1. The monoisotopic (exact) mass is 283 g/mol. The lowest BCUT2D eigenvalue weighted by Gasteiger charge is -2.17. The number of nitrogens with one attached hydrogen (secondary N) is 1. The molecule has 0 heterocycles. The number of halogens is 2. The van der Waals surface area contributed by atoms with Crippen molar-refractivity contribution in [3.63, 3.8) is 0 Å². The molecule has 0 spiro atoms. The van der Waals surface area contributed by atoms with Crippen molar-refractivity contribution in [3.05, 3.63) is 29.3 Å². The first-order valence-corrected chi connectivity index (χ1v) is 5.48. The first-order chi connectivity index (χ1) is 9.36. The van der Waals surface area contributed by atoms with Crippen molar-refractivity contribution in [2.75, 3.05) is 18.9 Å². The molecule has 0 unspecified atom stereocenters. The van der Waals surface area contributed by atoms with Gasteiger partial charge in [-0.25, -0.2) is 18.4 Å². The maximum absolute atomic E-state index is 13.1. The Morgan fingerprint density at radius 1 is 1.40 bits per heavy atom. The number of hydrogen-bond acceptors (Lipinski definition) is 3. The van der Waals surface area contributed by atoms with Crippen LogP contribution < -0.4 is 5.32 Å². The Labute approximate surface area is 113 Å². The maximum Gasteiger partial charge on any atom is 0.337 e. The number of nitrogens with zero attached hydrogens (tertiary/aromatic N) is 2. The summed E-state index contributed by atoms with van der Waals surface area (Å²) in [5.41, 5.74) is -0.920. The predicted molar refractivity (Wildman–Crippen MR) is 65.2 cm³/mol. The van der Waals surface area contributed by atoms with Crippen LogP contribution in [0.2, 0.25) is 0 Å². The zero-order valence-electron chi connectivity index (χ0n) is 10.5. The lowest BCUT2D eigenvalue weighted by atomic mass is 10.1. The molecule has 0 saturated carbocycles. The van der Waals surface area contributed by atoms with E-state index >= 15 is 0 Å². The largest absolute Gasteiger partial charge is 0.478 e. The highest BCUT2D eigenvalue weighted by Gasteiger charge is 2.18. The molecule has 0 saturated heterocycles. The smallest absolute Gasteiger partial charge is 0.337 e. The first-order valence-electron chi connectivity index (χ1n) is 5.48. The molecule has 0 fully saturated rings. The van der Waals surface area contributed by atoms with Crippen molar-refractivity contribution in [2.45, 2.75) is 6.42 Å². The van der Waals surface area contributed by atoms with Crippen LogP contribution in [0.25, 0.3) is 0 Å². The number of aromatic carboxylic acids is 1. The molecule has 106 valence electrons. The number of carboxylic acids is 1. The minimum atomic E-state index is -1.50. The minimum Gasteiger partial charge on any atom is -0.478 e. The summed E-state index contributed by atoms with van der Waals surface area (Å²) in [6, 6.07) is 2.19. The second kappa shape index (κ2) is 6.47. The Morgan fingerprint density at radius 2 is 2.00 bits per heavy atom. The van der Waals surface area contributed by atoms with Gasteiger partial charge in [0.2, 0.25) is 0 Å². The second-order valence-corrected chi connectivity index (χ2v) is 3.88. The summed E-state index contributed by atoms with van der Waals surface area (Å²) in [6.07, 6.45) is 0.0908. The van der Waals surface area contributed by atoms with E-state index in [1.165, 1.54) is 7.05 Å². The van der Waals surface area contributed by atoms with Crippen LogP contribution in [0, 0.1) is 23.0 Å². The second-order valence-electron chi connectivity index (χ2n) is 3.88. The molecule has 1 rings (SSSR count). The fourth-order valence-corrected chi connectivity index (χ4v) is 1.36. The molecule has 0 atom stereocenters. The van der Waals surface area contributed by atoms with Crippen LogP contribution in [0.5, 0.6) is 0 Å². The normalized spacial score (nSPS) is 9.70. The molecular formula is C12H11F2N3O3. The van der Waals surface area contributed by atoms with Crippen LogP contribution in [0.15, 0.2) is 12.1 Å². The lowest BCUT2D eigenvalue weighted by Crippen LogP contribution is -2.32. The fourth-order valence-electron chi connectivity index (χ4n) is 1.36. The molecule has 6 nitrogen and oxygen atoms in total. The highest BCUT2D eigenvalue weighted by Crippen LogP contribution is 2.20. The molecule has 8 heteroatoms. The quantitative estimate of drug-likeness (QED) is 0.884. The SMILES string of the molecule is CN(CCC#N)C(=O)Nc1cc(F)c(F)cc1C(=O)O. The Bertz CT molecular complexity index is 584. The summed E-state index contributed by atoms with van der Waals surface area (Å²) >= 11 is 0. The molecule has 0 aliphatic heterocycles. The third-order valence-electron chi connectivity index (χ3n) is 2.44. The maximum atomic E-state index is 13.1. The number of amides is 2. The van der Waals surface area contributed by atoms with E-state index in [9.17, 15) is 18.4 Å². The Kier molecular flexibility index (Phi) is 4.97. The van der Waals surface area contributed by atoms with E-state index in [0.29, 0.717) is 12.1 Å². The topological polar surface area (TPSA) is 93.4 Å². The summed E-state index contributed by atoms with van der Waals surface area (Å²) in [6.45, 7) is 0.119. The number of urea groups is 1. The van der Waals surface area contributed by atoms with Crippen molar-refractivity contribution in [1.82, 2.24) is 4.90 Å². The third-order valence-corrected chi connectivity index (χ3v) is 2.44. The number of carbonyl (C=O) groups excluding carboxylic acids is 1. The fraction of sp³-hybridized carbons (Fsp3) is 0.250. The van der Waals surface area contributed by atoms with Crippen LogP contribution in [-0.2, 0) is 0 Å². The standard InChI is InChI=1S/C12H11F2N3O3/c1-17(4-2-3-15)12(20)16-10-6-9(14)8(13)5-7(10)11(18)19/h5-6H,2,4H2,1H3,(H,16,20)(H,18,19). The predicted octanol–water partition coefficient (Wildman–Crippen LogP) is 2.04. The highest BCUT2D eigenvalue weighted by atomic mass is 19.2. The van der Waals surface area contributed by atoms with Gasteiger partial charge in [0.25, 0.3) is 0 Å². The molecule has 0 bridgehead atoms. The summed E-state index contributed by atoms with van der Waals surface area (Å²) in [4.78, 5) is 23.7. The average molecular weight is 283 g/mol. The molecule has 2 amide bonds. The van der Waals surface area contributed by atoms with Gasteiger partial charge in [-0.1, -0.05) is 0 Å². The molecule has 1 aromatic rings. The number of hydrogen-bond donors (Lipinski definition) is 2. The Balaban J connectivity index is 2.97. The van der Waals surface area contributed by atoms with Crippen molar-refractivity contribution >= 4 is 17.7 Å². The lowest BCUT2D eigenvalue weighted by molar-refractivity contribution is 0.0697. The third kappa shape index (κ3) is 3.65. The van der Waals surface area contributed by atoms with Gasteiger partial charge < -0.3 is 15.3 Å². The van der Waals surface area contributed by atoms with Gasteiger partial charge >= 0.3 is 12.0 Å². The zero-order chi connectivity index (χ0) is 15.3. The van der Waals surface area contributed by atoms with E-state index in [2.05, 4.69) is 5.32 Å². The number of nitriles is 1. The van der Waals surface area contributed by atoms with Crippen LogP contribution in [0.1, 0.15) is 16.8 Å². The molecule has 0 aliphatic rings. The first kappa shape index (κ1) is 15.4. The van der Waals surface area contributed by atoms with Gasteiger partial charge in [0.15, 0.2) is 11.6 Å². The van der Waals surface area contributed by atoms with Gasteiger partial charge in [0, 0.05) is 19.7 Å². The zero-order valence-corrected chi connectivity index (χ0v) is 10.5. The Hall–Kier alpha value is -2.69. The molecule has 0 aliphatic carbocycles. The van der Waals surface area contributed by atoms with Gasteiger partial charge in [-0.05, 0) is 6.07 Å². The van der Waals surface area contributed by atoms with E-state index in [-0.39, 0.29) is 18.7 Å². The van der Waals surface area contributed by atoms with Gasteiger partial charge in [0.05, 0.1) is 23.7 Å². The summed E-state index contributed by atoms with van der Waals surface area (Å²) in [5, 5.41) is 19.4. The van der Waals surface area contributed by atoms with Gasteiger partial charge in [-0.3, -0.25) is 0 Å². The number of anilines is 1.